The summed E-state index contributed by atoms with van der Waals surface area (Å²) >= 11 is 0. The minimum atomic E-state index is -0.872. The Labute approximate surface area is 72.4 Å². The summed E-state index contributed by atoms with van der Waals surface area (Å²) < 4.78 is 15.4. The molecule has 1 aliphatic heterocycles. The van der Waals surface area contributed by atoms with E-state index in [4.69, 9.17) is 14.2 Å². The molecule has 4 heteroatoms. The van der Waals surface area contributed by atoms with Crippen LogP contribution in [0, 0.1) is 0 Å². The maximum atomic E-state index is 9.41. The molecule has 4 nitrogen and oxygen atoms in total. The van der Waals surface area contributed by atoms with E-state index in [0.29, 0.717) is 0 Å². The number of ether oxygens (including phenoxy) is 3. The molecule has 4 atom stereocenters. The van der Waals surface area contributed by atoms with Crippen molar-refractivity contribution in [1.82, 2.24) is 0 Å². The number of hydrogen-bond acceptors (Lipinski definition) is 4. The third-order valence-corrected chi connectivity index (χ3v) is 2.16. The van der Waals surface area contributed by atoms with E-state index in [0.717, 1.165) is 6.42 Å². The largest absolute Gasteiger partial charge is 0.378 e. The smallest absolute Gasteiger partial charge is 0.183 e. The van der Waals surface area contributed by atoms with Crippen molar-refractivity contribution < 1.29 is 19.3 Å². The lowest BCUT2D eigenvalue weighted by Gasteiger charge is -2.36. The molecular weight excluding hydrogens is 160 g/mol. The fraction of sp³-hybridized carbons (Fsp3) is 1.00. The van der Waals surface area contributed by atoms with E-state index in [2.05, 4.69) is 0 Å². The first-order valence-electron chi connectivity index (χ1n) is 4.08. The summed E-state index contributed by atoms with van der Waals surface area (Å²) in [6, 6.07) is 0. The first kappa shape index (κ1) is 9.92. The number of aliphatic hydroxyl groups is 1. The lowest BCUT2D eigenvalue weighted by molar-refractivity contribution is -0.254. The third kappa shape index (κ3) is 1.95. The van der Waals surface area contributed by atoms with Crippen LogP contribution in [0.15, 0.2) is 0 Å². The summed E-state index contributed by atoms with van der Waals surface area (Å²) in [4.78, 5) is 0. The molecule has 0 bridgehead atoms. The highest BCUT2D eigenvalue weighted by Gasteiger charge is 2.36. The summed E-state index contributed by atoms with van der Waals surface area (Å²) in [7, 11) is 3.15. The van der Waals surface area contributed by atoms with Crippen molar-refractivity contribution in [2.24, 2.45) is 0 Å². The van der Waals surface area contributed by atoms with Gasteiger partial charge >= 0.3 is 0 Å². The molecule has 1 aliphatic rings. The Kier molecular flexibility index (Phi) is 3.46. The monoisotopic (exact) mass is 176 g/mol. The van der Waals surface area contributed by atoms with E-state index < -0.39 is 6.29 Å². The van der Waals surface area contributed by atoms with Gasteiger partial charge in [0, 0.05) is 20.6 Å². The molecule has 0 aromatic heterocycles. The molecule has 1 N–H and O–H groups in total. The second kappa shape index (κ2) is 4.18. The van der Waals surface area contributed by atoms with Crippen molar-refractivity contribution in [3.05, 3.63) is 0 Å². The quantitative estimate of drug-likeness (QED) is 0.650. The van der Waals surface area contributed by atoms with Crippen molar-refractivity contribution in [3.63, 3.8) is 0 Å². The van der Waals surface area contributed by atoms with Gasteiger partial charge in [0.2, 0.25) is 0 Å². The van der Waals surface area contributed by atoms with Crippen LogP contribution in [-0.2, 0) is 14.2 Å². The summed E-state index contributed by atoms with van der Waals surface area (Å²) in [5.74, 6) is 0. The van der Waals surface area contributed by atoms with Gasteiger partial charge in [-0.05, 0) is 6.92 Å². The fourth-order valence-corrected chi connectivity index (χ4v) is 1.51. The molecule has 1 heterocycles. The van der Waals surface area contributed by atoms with Crippen molar-refractivity contribution in [2.45, 2.75) is 37.9 Å². The number of methoxy groups -OCH3 is 2. The number of rotatable bonds is 2. The second-order valence-electron chi connectivity index (χ2n) is 3.05. The predicted octanol–water partition coefficient (Wildman–Crippen LogP) is 0.144. The average Bonchev–Trinajstić information content (AvgIpc) is 2.03. The minimum Gasteiger partial charge on any atom is -0.378 e. The Balaban J connectivity index is 2.56. The summed E-state index contributed by atoms with van der Waals surface area (Å²) in [6.07, 6.45) is -0.536. The molecule has 12 heavy (non-hydrogen) atoms. The van der Waals surface area contributed by atoms with Gasteiger partial charge in [0.1, 0.15) is 6.10 Å². The molecule has 72 valence electrons. The van der Waals surface area contributed by atoms with Crippen molar-refractivity contribution in [1.29, 1.82) is 0 Å². The van der Waals surface area contributed by atoms with Gasteiger partial charge in [-0.25, -0.2) is 0 Å². The second-order valence-corrected chi connectivity index (χ2v) is 3.05. The molecular formula is C8H16O4. The highest BCUT2D eigenvalue weighted by Crippen LogP contribution is 2.22. The van der Waals surface area contributed by atoms with Gasteiger partial charge in [-0.1, -0.05) is 0 Å². The summed E-state index contributed by atoms with van der Waals surface area (Å²) in [6.45, 7) is 1.90. The van der Waals surface area contributed by atoms with Crippen molar-refractivity contribution >= 4 is 0 Å². The van der Waals surface area contributed by atoms with Crippen LogP contribution in [0.5, 0.6) is 0 Å². The summed E-state index contributed by atoms with van der Waals surface area (Å²) in [5.41, 5.74) is 0. The molecule has 1 fully saturated rings. The Morgan fingerprint density at radius 1 is 1.33 bits per heavy atom. The van der Waals surface area contributed by atoms with Crippen LogP contribution in [-0.4, -0.2) is 43.9 Å². The Morgan fingerprint density at radius 2 is 2.00 bits per heavy atom. The Hall–Kier alpha value is -0.160. The molecule has 0 saturated carbocycles. The fourth-order valence-electron chi connectivity index (χ4n) is 1.51. The first-order chi connectivity index (χ1) is 5.69. The lowest BCUT2D eigenvalue weighted by Crippen LogP contribution is -2.49. The number of aliphatic hydroxyl groups excluding tert-OH is 1. The maximum absolute atomic E-state index is 9.41. The normalized spacial score (nSPS) is 43.0. The summed E-state index contributed by atoms with van der Waals surface area (Å²) in [5, 5.41) is 9.41. The average molecular weight is 176 g/mol. The van der Waals surface area contributed by atoms with Crippen LogP contribution < -0.4 is 0 Å². The van der Waals surface area contributed by atoms with Crippen molar-refractivity contribution in [2.75, 3.05) is 14.2 Å². The van der Waals surface area contributed by atoms with Crippen LogP contribution in [0.3, 0.4) is 0 Å². The van der Waals surface area contributed by atoms with Crippen LogP contribution >= 0.6 is 0 Å². The molecule has 1 saturated heterocycles. The zero-order chi connectivity index (χ0) is 9.14. The molecule has 0 aliphatic carbocycles. The highest BCUT2D eigenvalue weighted by molar-refractivity contribution is 4.80. The van der Waals surface area contributed by atoms with Gasteiger partial charge in [0.15, 0.2) is 6.29 Å². The predicted molar refractivity (Wildman–Crippen MR) is 42.8 cm³/mol. The van der Waals surface area contributed by atoms with Crippen LogP contribution in [0.1, 0.15) is 13.3 Å². The molecule has 0 aromatic carbocycles. The van der Waals surface area contributed by atoms with Crippen LogP contribution in [0.25, 0.3) is 0 Å². The molecule has 1 unspecified atom stereocenters. The molecule has 1 rings (SSSR count). The third-order valence-electron chi connectivity index (χ3n) is 2.16. The van der Waals surface area contributed by atoms with E-state index in [9.17, 15) is 5.11 Å². The van der Waals surface area contributed by atoms with Crippen LogP contribution in [0.4, 0.5) is 0 Å². The van der Waals surface area contributed by atoms with Gasteiger partial charge < -0.3 is 19.3 Å². The minimum absolute atomic E-state index is 0.0244. The van der Waals surface area contributed by atoms with Gasteiger partial charge in [-0.15, -0.1) is 0 Å². The lowest BCUT2D eigenvalue weighted by atomic mass is 10.0. The molecule has 0 radical (unpaired) electrons. The number of hydrogen-bond donors (Lipinski definition) is 1. The van der Waals surface area contributed by atoms with E-state index in [1.807, 2.05) is 6.92 Å². The highest BCUT2D eigenvalue weighted by atomic mass is 16.6. The van der Waals surface area contributed by atoms with Gasteiger partial charge in [0.25, 0.3) is 0 Å². The SMILES string of the molecule is CO[C@@H]1C[C@H](C)OC(O)[C@@H]1OC. The first-order valence-corrected chi connectivity index (χ1v) is 4.08. The van der Waals surface area contributed by atoms with Crippen molar-refractivity contribution in [3.8, 4) is 0 Å². The van der Waals surface area contributed by atoms with E-state index in [1.54, 1.807) is 14.2 Å². The van der Waals surface area contributed by atoms with Gasteiger partial charge in [0.05, 0.1) is 12.2 Å². The molecule has 0 amide bonds. The Bertz CT molecular complexity index is 139. The van der Waals surface area contributed by atoms with E-state index in [-0.39, 0.29) is 18.3 Å². The molecule has 0 spiro atoms. The maximum Gasteiger partial charge on any atom is 0.183 e. The standard InChI is InChI=1S/C8H16O4/c1-5-4-6(10-2)7(11-3)8(9)12-5/h5-9H,4H2,1-3H3/t5-,6+,7+,8?/m0/s1. The van der Waals surface area contributed by atoms with E-state index in [1.165, 1.54) is 0 Å². The molecule has 0 aromatic rings. The zero-order valence-electron chi connectivity index (χ0n) is 7.69. The van der Waals surface area contributed by atoms with E-state index >= 15 is 0 Å². The van der Waals surface area contributed by atoms with Gasteiger partial charge in [-0.3, -0.25) is 0 Å². The zero-order valence-corrected chi connectivity index (χ0v) is 7.69. The Morgan fingerprint density at radius 3 is 2.50 bits per heavy atom. The van der Waals surface area contributed by atoms with Crippen LogP contribution in [0.2, 0.25) is 0 Å². The topological polar surface area (TPSA) is 47.9 Å². The van der Waals surface area contributed by atoms with Gasteiger partial charge in [-0.2, -0.15) is 0 Å².